The fourth-order valence-corrected chi connectivity index (χ4v) is 2.28. The number of nitrogens with zero attached hydrogens (tertiary/aromatic N) is 1. The van der Waals surface area contributed by atoms with Crippen molar-refractivity contribution in [1.82, 2.24) is 5.32 Å². The van der Waals surface area contributed by atoms with Crippen molar-refractivity contribution < 1.29 is 4.79 Å². The Morgan fingerprint density at radius 3 is 3.12 bits per heavy atom. The predicted octanol–water partition coefficient (Wildman–Crippen LogP) is 0.860. The van der Waals surface area contributed by atoms with E-state index in [1.54, 1.807) is 6.92 Å². The minimum atomic E-state index is 0.0487. The molecule has 0 saturated carbocycles. The number of anilines is 1. The maximum Gasteiger partial charge on any atom is 0.217 e. The molecule has 92 valence electrons. The largest absolute Gasteiger partial charge is 0.369 e. The normalized spacial score (nSPS) is 19.4. The van der Waals surface area contributed by atoms with E-state index in [9.17, 15) is 4.79 Å². The molecule has 0 bridgehead atoms. The molecule has 0 radical (unpaired) electrons. The number of hydrogen-bond acceptors (Lipinski definition) is 3. The summed E-state index contributed by atoms with van der Waals surface area (Å²) in [5.41, 5.74) is 7.97. The highest BCUT2D eigenvalue weighted by Crippen LogP contribution is 2.21. The topological polar surface area (TPSA) is 58.4 Å². The average Bonchev–Trinajstić information content (AvgIpc) is 2.77. The molecule has 1 aromatic rings. The molecule has 3 N–H and O–H groups in total. The molecule has 1 atom stereocenters. The summed E-state index contributed by atoms with van der Waals surface area (Å²) < 4.78 is 0. The van der Waals surface area contributed by atoms with Gasteiger partial charge in [0.25, 0.3) is 0 Å². The molecular formula is C13H19N3O. The molecule has 17 heavy (non-hydrogen) atoms. The summed E-state index contributed by atoms with van der Waals surface area (Å²) in [5.74, 6) is 0.0487. The van der Waals surface area contributed by atoms with Crippen LogP contribution >= 0.6 is 0 Å². The van der Waals surface area contributed by atoms with Crippen LogP contribution in [-0.4, -0.2) is 25.0 Å². The van der Waals surface area contributed by atoms with Gasteiger partial charge < -0.3 is 16.0 Å². The van der Waals surface area contributed by atoms with Crippen LogP contribution in [0.5, 0.6) is 0 Å². The third-order valence-corrected chi connectivity index (χ3v) is 3.11. The molecule has 1 aliphatic heterocycles. The van der Waals surface area contributed by atoms with Crippen LogP contribution in [0.25, 0.3) is 0 Å². The van der Waals surface area contributed by atoms with Gasteiger partial charge in [-0.15, -0.1) is 0 Å². The third-order valence-electron chi connectivity index (χ3n) is 3.11. The van der Waals surface area contributed by atoms with Crippen LogP contribution in [0.15, 0.2) is 24.3 Å². The van der Waals surface area contributed by atoms with Crippen LogP contribution in [0.4, 0.5) is 5.69 Å². The Bertz CT molecular complexity index is 405. The van der Waals surface area contributed by atoms with Crippen LogP contribution < -0.4 is 16.0 Å². The van der Waals surface area contributed by atoms with Crippen molar-refractivity contribution in [2.24, 2.45) is 5.73 Å². The van der Waals surface area contributed by atoms with Gasteiger partial charge in [0.1, 0.15) is 0 Å². The van der Waals surface area contributed by atoms with Crippen LogP contribution in [-0.2, 0) is 11.3 Å². The molecule has 0 aromatic heterocycles. The van der Waals surface area contributed by atoms with Gasteiger partial charge in [0.15, 0.2) is 0 Å². The van der Waals surface area contributed by atoms with Gasteiger partial charge in [0, 0.05) is 38.3 Å². The van der Waals surface area contributed by atoms with Crippen molar-refractivity contribution >= 4 is 11.6 Å². The first-order valence-corrected chi connectivity index (χ1v) is 6.00. The van der Waals surface area contributed by atoms with Crippen molar-refractivity contribution in [2.45, 2.75) is 25.9 Å². The van der Waals surface area contributed by atoms with Gasteiger partial charge in [-0.3, -0.25) is 4.79 Å². The summed E-state index contributed by atoms with van der Waals surface area (Å²) in [4.78, 5) is 13.3. The van der Waals surface area contributed by atoms with E-state index in [1.165, 1.54) is 5.69 Å². The summed E-state index contributed by atoms with van der Waals surface area (Å²) in [6, 6.07) is 8.55. The first-order chi connectivity index (χ1) is 8.19. The van der Waals surface area contributed by atoms with Crippen LogP contribution in [0.3, 0.4) is 0 Å². The molecule has 0 spiro atoms. The first kappa shape index (κ1) is 11.9. The predicted molar refractivity (Wildman–Crippen MR) is 68.8 cm³/mol. The zero-order valence-electron chi connectivity index (χ0n) is 10.1. The summed E-state index contributed by atoms with van der Waals surface area (Å²) in [6.45, 7) is 4.00. The Morgan fingerprint density at radius 1 is 1.59 bits per heavy atom. The lowest BCUT2D eigenvalue weighted by Gasteiger charge is -2.19. The van der Waals surface area contributed by atoms with E-state index in [0.717, 1.165) is 25.1 Å². The number of nitrogens with one attached hydrogen (secondary N) is 1. The lowest BCUT2D eigenvalue weighted by molar-refractivity contribution is -0.119. The lowest BCUT2D eigenvalue weighted by Crippen LogP contribution is -2.35. The smallest absolute Gasteiger partial charge is 0.217 e. The molecule has 1 saturated heterocycles. The van der Waals surface area contributed by atoms with Gasteiger partial charge in [-0.2, -0.15) is 0 Å². The van der Waals surface area contributed by atoms with Crippen LogP contribution in [0.2, 0.25) is 0 Å². The number of carbonyl (C=O) groups excluding carboxylic acids is 1. The Kier molecular flexibility index (Phi) is 3.64. The van der Waals surface area contributed by atoms with Crippen LogP contribution in [0.1, 0.15) is 18.9 Å². The van der Waals surface area contributed by atoms with Crippen molar-refractivity contribution in [1.29, 1.82) is 0 Å². The maximum atomic E-state index is 11.0. The highest BCUT2D eigenvalue weighted by atomic mass is 16.1. The van der Waals surface area contributed by atoms with Gasteiger partial charge in [0.05, 0.1) is 0 Å². The SMILES string of the molecule is CC(=O)NC1CCN(c2cccc(CN)c2)C1. The summed E-state index contributed by atoms with van der Waals surface area (Å²) in [6.07, 6.45) is 1.01. The van der Waals surface area contributed by atoms with Gasteiger partial charge in [0.2, 0.25) is 5.91 Å². The molecule has 1 heterocycles. The molecular weight excluding hydrogens is 214 g/mol. The van der Waals surface area contributed by atoms with Crippen molar-refractivity contribution in [3.05, 3.63) is 29.8 Å². The minimum absolute atomic E-state index is 0.0487. The Morgan fingerprint density at radius 2 is 2.41 bits per heavy atom. The van der Waals surface area contributed by atoms with E-state index in [0.29, 0.717) is 6.54 Å². The Hall–Kier alpha value is -1.55. The minimum Gasteiger partial charge on any atom is -0.369 e. The molecule has 4 nitrogen and oxygen atoms in total. The maximum absolute atomic E-state index is 11.0. The monoisotopic (exact) mass is 233 g/mol. The van der Waals surface area contributed by atoms with Gasteiger partial charge >= 0.3 is 0 Å². The Labute approximate surface area is 102 Å². The molecule has 0 aliphatic carbocycles. The Balaban J connectivity index is 2.01. The highest BCUT2D eigenvalue weighted by Gasteiger charge is 2.23. The molecule has 1 amide bonds. The summed E-state index contributed by atoms with van der Waals surface area (Å²) >= 11 is 0. The fourth-order valence-electron chi connectivity index (χ4n) is 2.28. The highest BCUT2D eigenvalue weighted by molar-refractivity contribution is 5.73. The molecule has 1 fully saturated rings. The third kappa shape index (κ3) is 2.97. The molecule has 4 heteroatoms. The van der Waals surface area contributed by atoms with Gasteiger partial charge in [-0.1, -0.05) is 12.1 Å². The van der Waals surface area contributed by atoms with Gasteiger partial charge in [-0.05, 0) is 24.1 Å². The zero-order valence-corrected chi connectivity index (χ0v) is 10.1. The van der Waals surface area contributed by atoms with E-state index >= 15 is 0 Å². The number of rotatable bonds is 3. The average molecular weight is 233 g/mol. The molecule has 1 aromatic carbocycles. The quantitative estimate of drug-likeness (QED) is 0.814. The standard InChI is InChI=1S/C13H19N3O/c1-10(17)15-12-5-6-16(9-12)13-4-2-3-11(7-13)8-14/h2-4,7,12H,5-6,8-9,14H2,1H3,(H,15,17). The van der Waals surface area contributed by atoms with E-state index in [1.807, 2.05) is 12.1 Å². The van der Waals surface area contributed by atoms with E-state index in [2.05, 4.69) is 22.3 Å². The summed E-state index contributed by atoms with van der Waals surface area (Å²) in [5, 5.41) is 2.96. The lowest BCUT2D eigenvalue weighted by atomic mass is 10.2. The number of nitrogens with two attached hydrogens (primary N) is 1. The number of hydrogen-bond donors (Lipinski definition) is 2. The first-order valence-electron chi connectivity index (χ1n) is 6.00. The van der Waals surface area contributed by atoms with Gasteiger partial charge in [-0.25, -0.2) is 0 Å². The van der Waals surface area contributed by atoms with Crippen LogP contribution in [0, 0.1) is 0 Å². The van der Waals surface area contributed by atoms with E-state index < -0.39 is 0 Å². The van der Waals surface area contributed by atoms with Crippen molar-refractivity contribution in [3.8, 4) is 0 Å². The second-order valence-electron chi connectivity index (χ2n) is 4.51. The summed E-state index contributed by atoms with van der Waals surface area (Å²) in [7, 11) is 0. The zero-order chi connectivity index (χ0) is 12.3. The van der Waals surface area contributed by atoms with Crippen molar-refractivity contribution in [2.75, 3.05) is 18.0 Å². The van der Waals surface area contributed by atoms with E-state index in [-0.39, 0.29) is 11.9 Å². The molecule has 2 rings (SSSR count). The van der Waals surface area contributed by atoms with E-state index in [4.69, 9.17) is 5.73 Å². The number of carbonyl (C=O) groups is 1. The second-order valence-corrected chi connectivity index (χ2v) is 4.51. The van der Waals surface area contributed by atoms with Crippen molar-refractivity contribution in [3.63, 3.8) is 0 Å². The molecule has 1 unspecified atom stereocenters. The second kappa shape index (κ2) is 5.19. The molecule has 1 aliphatic rings. The number of amides is 1. The number of benzene rings is 1. The fraction of sp³-hybridized carbons (Fsp3) is 0.462.